The van der Waals surface area contributed by atoms with Crippen LogP contribution in [-0.4, -0.2) is 39.6 Å². The minimum Gasteiger partial charge on any atom is -0.385 e. The van der Waals surface area contributed by atoms with E-state index in [9.17, 15) is 0 Å². The van der Waals surface area contributed by atoms with Gasteiger partial charge in [-0.3, -0.25) is 0 Å². The Balaban J connectivity index is 2.05. The van der Waals surface area contributed by atoms with E-state index in [0.29, 0.717) is 12.2 Å². The van der Waals surface area contributed by atoms with Crippen molar-refractivity contribution < 1.29 is 14.2 Å². The quantitative estimate of drug-likeness (QED) is 0.633. The molecule has 0 N–H and O–H groups in total. The van der Waals surface area contributed by atoms with Crippen molar-refractivity contribution in [2.24, 2.45) is 0 Å². The molecule has 1 fully saturated rings. The summed E-state index contributed by atoms with van der Waals surface area (Å²) in [5, 5.41) is 0. The smallest absolute Gasteiger partial charge is 0.0601 e. The maximum atomic E-state index is 5.81. The van der Waals surface area contributed by atoms with Crippen LogP contribution in [0.2, 0.25) is 0 Å². The van der Waals surface area contributed by atoms with Crippen LogP contribution in [-0.2, 0) is 14.2 Å². The zero-order valence-electron chi connectivity index (χ0n) is 8.62. The van der Waals surface area contributed by atoms with Gasteiger partial charge in [0.15, 0.2) is 0 Å². The zero-order chi connectivity index (χ0) is 9.52. The van der Waals surface area contributed by atoms with Gasteiger partial charge in [-0.25, -0.2) is 0 Å². The highest BCUT2D eigenvalue weighted by molar-refractivity contribution is 4.73. The fourth-order valence-electron chi connectivity index (χ4n) is 1.70. The summed E-state index contributed by atoms with van der Waals surface area (Å²) in [4.78, 5) is 0. The Morgan fingerprint density at radius 1 is 1.00 bits per heavy atom. The van der Waals surface area contributed by atoms with Crippen LogP contribution < -0.4 is 0 Å². The van der Waals surface area contributed by atoms with Crippen molar-refractivity contribution >= 4 is 0 Å². The van der Waals surface area contributed by atoms with Crippen LogP contribution >= 0.6 is 0 Å². The molecule has 1 rings (SSSR count). The maximum absolute atomic E-state index is 5.81. The van der Waals surface area contributed by atoms with Crippen molar-refractivity contribution in [1.82, 2.24) is 0 Å². The van der Waals surface area contributed by atoms with Crippen molar-refractivity contribution in [1.29, 1.82) is 0 Å². The number of hydrogen-bond acceptors (Lipinski definition) is 3. The van der Waals surface area contributed by atoms with Gasteiger partial charge in [0.05, 0.1) is 12.2 Å². The summed E-state index contributed by atoms with van der Waals surface area (Å²) < 4.78 is 15.8. The summed E-state index contributed by atoms with van der Waals surface area (Å²) in [5.74, 6) is 0. The number of methoxy groups -OCH3 is 2. The van der Waals surface area contributed by atoms with Gasteiger partial charge in [0.25, 0.3) is 0 Å². The van der Waals surface area contributed by atoms with Gasteiger partial charge < -0.3 is 14.2 Å². The van der Waals surface area contributed by atoms with Crippen molar-refractivity contribution in [3.8, 4) is 0 Å². The molecular formula is C10H20O3. The highest BCUT2D eigenvalue weighted by Crippen LogP contribution is 2.23. The van der Waals surface area contributed by atoms with Crippen LogP contribution in [0.1, 0.15) is 25.7 Å². The Bertz CT molecular complexity index is 113. The molecular weight excluding hydrogens is 168 g/mol. The molecule has 13 heavy (non-hydrogen) atoms. The van der Waals surface area contributed by atoms with E-state index in [1.54, 1.807) is 14.2 Å². The number of hydrogen-bond donors (Lipinski definition) is 0. The topological polar surface area (TPSA) is 27.7 Å². The molecule has 0 saturated carbocycles. The van der Waals surface area contributed by atoms with Crippen molar-refractivity contribution in [2.75, 3.05) is 27.4 Å². The first-order valence-corrected chi connectivity index (χ1v) is 5.00. The van der Waals surface area contributed by atoms with Gasteiger partial charge in [-0.15, -0.1) is 0 Å². The highest BCUT2D eigenvalue weighted by Gasteiger charge is 2.24. The first-order chi connectivity index (χ1) is 6.36. The molecule has 1 saturated heterocycles. The van der Waals surface area contributed by atoms with Crippen LogP contribution in [0, 0.1) is 0 Å². The number of rotatable bonds is 6. The largest absolute Gasteiger partial charge is 0.385 e. The second-order valence-corrected chi connectivity index (χ2v) is 3.52. The normalized spacial score (nSPS) is 28.2. The molecule has 1 aliphatic heterocycles. The monoisotopic (exact) mass is 188 g/mol. The molecule has 3 nitrogen and oxygen atoms in total. The molecule has 0 aliphatic carbocycles. The molecule has 0 aromatic heterocycles. The third kappa shape index (κ3) is 4.07. The highest BCUT2D eigenvalue weighted by atomic mass is 16.5. The summed E-state index contributed by atoms with van der Waals surface area (Å²) >= 11 is 0. The van der Waals surface area contributed by atoms with Gasteiger partial charge >= 0.3 is 0 Å². The Labute approximate surface area is 80.4 Å². The Kier molecular flexibility index (Phi) is 5.35. The lowest BCUT2D eigenvalue weighted by Crippen LogP contribution is -2.14. The van der Waals surface area contributed by atoms with E-state index < -0.39 is 0 Å². The molecule has 0 amide bonds. The molecule has 1 heterocycles. The summed E-state index contributed by atoms with van der Waals surface area (Å²) in [6.07, 6.45) is 5.25. The predicted octanol–water partition coefficient (Wildman–Crippen LogP) is 1.61. The van der Waals surface area contributed by atoms with E-state index in [0.717, 1.165) is 26.1 Å². The summed E-state index contributed by atoms with van der Waals surface area (Å²) in [5.41, 5.74) is 0. The Hall–Kier alpha value is -0.120. The minimum absolute atomic E-state index is 0.418. The van der Waals surface area contributed by atoms with Crippen LogP contribution in [0.3, 0.4) is 0 Å². The van der Waals surface area contributed by atoms with E-state index >= 15 is 0 Å². The number of ether oxygens (including phenoxy) is 3. The lowest BCUT2D eigenvalue weighted by atomic mass is 10.1. The fraction of sp³-hybridized carbons (Fsp3) is 1.00. The van der Waals surface area contributed by atoms with E-state index in [2.05, 4.69) is 0 Å². The molecule has 0 radical (unpaired) electrons. The average Bonchev–Trinajstić information content (AvgIpc) is 2.59. The lowest BCUT2D eigenvalue weighted by Gasteiger charge is -2.12. The second-order valence-electron chi connectivity index (χ2n) is 3.52. The second kappa shape index (κ2) is 6.35. The summed E-state index contributed by atoms with van der Waals surface area (Å²) in [6.45, 7) is 1.61. The molecule has 1 aliphatic rings. The molecule has 0 spiro atoms. The maximum Gasteiger partial charge on any atom is 0.0601 e. The van der Waals surface area contributed by atoms with Crippen LogP contribution in [0.25, 0.3) is 0 Å². The SMILES string of the molecule is COCCC1CCC(CCOC)O1. The lowest BCUT2D eigenvalue weighted by molar-refractivity contribution is 0.0113. The zero-order valence-corrected chi connectivity index (χ0v) is 8.62. The minimum atomic E-state index is 0.418. The predicted molar refractivity (Wildman–Crippen MR) is 50.9 cm³/mol. The Morgan fingerprint density at radius 2 is 1.46 bits per heavy atom. The van der Waals surface area contributed by atoms with E-state index in [1.807, 2.05) is 0 Å². The molecule has 0 bridgehead atoms. The molecule has 78 valence electrons. The van der Waals surface area contributed by atoms with Crippen LogP contribution in [0.4, 0.5) is 0 Å². The molecule has 0 aromatic rings. The van der Waals surface area contributed by atoms with Gasteiger partial charge in [0.2, 0.25) is 0 Å². The van der Waals surface area contributed by atoms with Crippen LogP contribution in [0.5, 0.6) is 0 Å². The van der Waals surface area contributed by atoms with E-state index in [1.165, 1.54) is 12.8 Å². The summed E-state index contributed by atoms with van der Waals surface area (Å²) in [6, 6.07) is 0. The van der Waals surface area contributed by atoms with Gasteiger partial charge in [-0.05, 0) is 25.7 Å². The van der Waals surface area contributed by atoms with E-state index in [4.69, 9.17) is 14.2 Å². The average molecular weight is 188 g/mol. The van der Waals surface area contributed by atoms with Crippen molar-refractivity contribution in [3.63, 3.8) is 0 Å². The first kappa shape index (κ1) is 11.0. The van der Waals surface area contributed by atoms with Crippen LogP contribution in [0.15, 0.2) is 0 Å². The molecule has 2 unspecified atom stereocenters. The van der Waals surface area contributed by atoms with E-state index in [-0.39, 0.29) is 0 Å². The third-order valence-corrected chi connectivity index (χ3v) is 2.48. The standard InChI is InChI=1S/C10H20O3/c1-11-7-5-9-3-4-10(13-9)6-8-12-2/h9-10H,3-8H2,1-2H3. The first-order valence-electron chi connectivity index (χ1n) is 5.00. The molecule has 3 heteroatoms. The van der Waals surface area contributed by atoms with Gasteiger partial charge in [0.1, 0.15) is 0 Å². The van der Waals surface area contributed by atoms with Gasteiger partial charge in [0, 0.05) is 27.4 Å². The molecule has 0 aromatic carbocycles. The fourth-order valence-corrected chi connectivity index (χ4v) is 1.70. The Morgan fingerprint density at radius 3 is 1.85 bits per heavy atom. The molecule has 2 atom stereocenters. The van der Waals surface area contributed by atoms with Crippen molar-refractivity contribution in [3.05, 3.63) is 0 Å². The van der Waals surface area contributed by atoms with Gasteiger partial charge in [-0.2, -0.15) is 0 Å². The third-order valence-electron chi connectivity index (χ3n) is 2.48. The van der Waals surface area contributed by atoms with Crippen molar-refractivity contribution in [2.45, 2.75) is 37.9 Å². The van der Waals surface area contributed by atoms with Gasteiger partial charge in [-0.1, -0.05) is 0 Å². The summed E-state index contributed by atoms with van der Waals surface area (Å²) in [7, 11) is 3.47.